The molecule has 2 N–H and O–H groups in total. The molecular weight excluding hydrogens is 306 g/mol. The summed E-state index contributed by atoms with van der Waals surface area (Å²) in [6.45, 7) is 2.76. The monoisotopic (exact) mass is 321 g/mol. The van der Waals surface area contributed by atoms with E-state index in [1.807, 2.05) is 24.3 Å². The van der Waals surface area contributed by atoms with Crippen LogP contribution in [0.25, 0.3) is 0 Å². The summed E-state index contributed by atoms with van der Waals surface area (Å²) in [4.78, 5) is 0.207. The van der Waals surface area contributed by atoms with Crippen molar-refractivity contribution in [3.05, 3.63) is 53.1 Å². The highest BCUT2D eigenvalue weighted by atomic mass is 35.5. The molecule has 2 rings (SSSR count). The molecule has 0 amide bonds. The fraction of sp³-hybridized carbons (Fsp3) is 0.188. The zero-order valence-corrected chi connectivity index (χ0v) is 13.2. The van der Waals surface area contributed by atoms with Gasteiger partial charge in [0.2, 0.25) is 0 Å². The van der Waals surface area contributed by atoms with Crippen LogP contribution in [0.1, 0.15) is 18.9 Å². The number of halogens is 1. The Kier molecular flexibility index (Phi) is 5.42. The molecule has 0 aromatic heterocycles. The van der Waals surface area contributed by atoms with Crippen molar-refractivity contribution in [2.24, 2.45) is 5.73 Å². The lowest BCUT2D eigenvalue weighted by Crippen LogP contribution is -2.11. The summed E-state index contributed by atoms with van der Waals surface area (Å²) in [5.41, 5.74) is 6.24. The molecule has 5 heteroatoms. The SMILES string of the molecule is CCCOc1ccc(Oc2cccc(Cl)c2C(N)=S)cc1. The molecule has 0 fully saturated rings. The molecule has 0 aliphatic heterocycles. The largest absolute Gasteiger partial charge is 0.494 e. The van der Waals surface area contributed by atoms with Crippen molar-refractivity contribution < 1.29 is 9.47 Å². The van der Waals surface area contributed by atoms with Gasteiger partial charge in [-0.25, -0.2) is 0 Å². The molecule has 0 unspecified atom stereocenters. The van der Waals surface area contributed by atoms with Gasteiger partial charge >= 0.3 is 0 Å². The predicted molar refractivity (Wildman–Crippen MR) is 89.6 cm³/mol. The summed E-state index contributed by atoms with van der Waals surface area (Å²) in [5, 5.41) is 0.475. The fourth-order valence-electron chi connectivity index (χ4n) is 1.78. The Morgan fingerprint density at radius 2 is 1.81 bits per heavy atom. The van der Waals surface area contributed by atoms with Crippen molar-refractivity contribution in [2.75, 3.05) is 6.61 Å². The van der Waals surface area contributed by atoms with Gasteiger partial charge in [0.05, 0.1) is 17.2 Å². The van der Waals surface area contributed by atoms with Crippen molar-refractivity contribution >= 4 is 28.8 Å². The first-order valence-electron chi connectivity index (χ1n) is 6.61. The summed E-state index contributed by atoms with van der Waals surface area (Å²) >= 11 is 11.1. The van der Waals surface area contributed by atoms with Crippen molar-refractivity contribution in [2.45, 2.75) is 13.3 Å². The third-order valence-corrected chi connectivity index (χ3v) is 3.27. The molecule has 0 atom stereocenters. The van der Waals surface area contributed by atoms with Crippen LogP contribution in [-0.2, 0) is 0 Å². The Balaban J connectivity index is 2.19. The van der Waals surface area contributed by atoms with Gasteiger partial charge in [-0.1, -0.05) is 36.8 Å². The van der Waals surface area contributed by atoms with Gasteiger partial charge in [0, 0.05) is 0 Å². The summed E-state index contributed by atoms with van der Waals surface area (Å²) in [7, 11) is 0. The van der Waals surface area contributed by atoms with E-state index in [0.29, 0.717) is 28.7 Å². The first-order valence-corrected chi connectivity index (χ1v) is 7.39. The molecular formula is C16H16ClNO2S. The van der Waals surface area contributed by atoms with Crippen molar-refractivity contribution in [3.8, 4) is 17.2 Å². The highest BCUT2D eigenvalue weighted by Gasteiger charge is 2.11. The zero-order chi connectivity index (χ0) is 15.2. The van der Waals surface area contributed by atoms with Gasteiger partial charge in [-0.05, 0) is 42.8 Å². The number of nitrogens with two attached hydrogens (primary N) is 1. The van der Waals surface area contributed by atoms with Crippen molar-refractivity contribution in [3.63, 3.8) is 0 Å². The molecule has 0 radical (unpaired) electrons. The first kappa shape index (κ1) is 15.6. The minimum Gasteiger partial charge on any atom is -0.494 e. The first-order chi connectivity index (χ1) is 10.1. The second-order valence-electron chi connectivity index (χ2n) is 4.40. The molecule has 2 aromatic rings. The van der Waals surface area contributed by atoms with Gasteiger partial charge in [-0.15, -0.1) is 0 Å². The van der Waals surface area contributed by atoms with E-state index in [9.17, 15) is 0 Å². The van der Waals surface area contributed by atoms with Gasteiger partial charge in [-0.2, -0.15) is 0 Å². The van der Waals surface area contributed by atoms with Crippen LogP contribution in [0.4, 0.5) is 0 Å². The lowest BCUT2D eigenvalue weighted by Gasteiger charge is -2.12. The van der Waals surface area contributed by atoms with Gasteiger partial charge in [0.15, 0.2) is 0 Å². The average molecular weight is 322 g/mol. The maximum atomic E-state index is 6.11. The van der Waals surface area contributed by atoms with Crippen LogP contribution in [0, 0.1) is 0 Å². The molecule has 0 aliphatic rings. The molecule has 21 heavy (non-hydrogen) atoms. The van der Waals surface area contributed by atoms with Gasteiger partial charge in [0.1, 0.15) is 22.2 Å². The Bertz CT molecular complexity index is 629. The van der Waals surface area contributed by atoms with Gasteiger partial charge in [-0.3, -0.25) is 0 Å². The second kappa shape index (κ2) is 7.29. The Hall–Kier alpha value is -1.78. The molecule has 0 heterocycles. The van der Waals surface area contributed by atoms with Crippen LogP contribution in [0.15, 0.2) is 42.5 Å². The quantitative estimate of drug-likeness (QED) is 0.792. The molecule has 110 valence electrons. The van der Waals surface area contributed by atoms with E-state index >= 15 is 0 Å². The van der Waals surface area contributed by atoms with E-state index in [1.54, 1.807) is 18.2 Å². The van der Waals surface area contributed by atoms with E-state index in [4.69, 9.17) is 39.0 Å². The number of hydrogen-bond donors (Lipinski definition) is 1. The predicted octanol–water partition coefficient (Wildman–Crippen LogP) is 4.56. The van der Waals surface area contributed by atoms with E-state index < -0.39 is 0 Å². The van der Waals surface area contributed by atoms with Gasteiger partial charge in [0.25, 0.3) is 0 Å². The standard InChI is InChI=1S/C16H16ClNO2S/c1-2-10-19-11-6-8-12(9-7-11)20-14-5-3-4-13(17)15(14)16(18)21/h3-9H,2,10H2,1H3,(H2,18,21). The van der Waals surface area contributed by atoms with Gasteiger partial charge < -0.3 is 15.2 Å². The van der Waals surface area contributed by atoms with Crippen LogP contribution < -0.4 is 15.2 Å². The number of rotatable bonds is 6. The Morgan fingerprint density at radius 3 is 2.43 bits per heavy atom. The summed E-state index contributed by atoms with van der Waals surface area (Å²) in [6, 6.07) is 12.7. The average Bonchev–Trinajstić information content (AvgIpc) is 2.46. The molecule has 0 saturated carbocycles. The Labute approximate surface area is 134 Å². The van der Waals surface area contributed by atoms with Crippen molar-refractivity contribution in [1.82, 2.24) is 0 Å². The lowest BCUT2D eigenvalue weighted by molar-refractivity contribution is 0.317. The Morgan fingerprint density at radius 1 is 1.14 bits per heavy atom. The lowest BCUT2D eigenvalue weighted by atomic mass is 10.2. The second-order valence-corrected chi connectivity index (χ2v) is 5.25. The third kappa shape index (κ3) is 4.09. The minimum absolute atomic E-state index is 0.207. The normalized spacial score (nSPS) is 10.2. The van der Waals surface area contributed by atoms with E-state index in [2.05, 4.69) is 6.92 Å². The maximum absolute atomic E-state index is 6.11. The zero-order valence-electron chi connectivity index (χ0n) is 11.6. The number of hydrogen-bond acceptors (Lipinski definition) is 3. The summed E-state index contributed by atoms with van der Waals surface area (Å²) in [6.07, 6.45) is 0.970. The number of thiocarbonyl (C=S) groups is 1. The van der Waals surface area contributed by atoms with Crippen LogP contribution in [-0.4, -0.2) is 11.6 Å². The molecule has 2 aromatic carbocycles. The summed E-state index contributed by atoms with van der Waals surface area (Å²) < 4.78 is 11.3. The van der Waals surface area contributed by atoms with E-state index in [1.165, 1.54) is 0 Å². The van der Waals surface area contributed by atoms with Crippen molar-refractivity contribution in [1.29, 1.82) is 0 Å². The van der Waals surface area contributed by atoms with E-state index in [0.717, 1.165) is 12.2 Å². The molecule has 0 bridgehead atoms. The molecule has 0 aliphatic carbocycles. The highest BCUT2D eigenvalue weighted by molar-refractivity contribution is 7.80. The van der Waals surface area contributed by atoms with Crippen LogP contribution in [0.2, 0.25) is 5.02 Å². The van der Waals surface area contributed by atoms with Crippen LogP contribution in [0.3, 0.4) is 0 Å². The van der Waals surface area contributed by atoms with E-state index in [-0.39, 0.29) is 4.99 Å². The molecule has 0 spiro atoms. The number of benzene rings is 2. The topological polar surface area (TPSA) is 44.5 Å². The number of ether oxygens (including phenoxy) is 2. The van der Waals surface area contributed by atoms with Crippen LogP contribution in [0.5, 0.6) is 17.2 Å². The third-order valence-electron chi connectivity index (χ3n) is 2.75. The van der Waals surface area contributed by atoms with Crippen LogP contribution >= 0.6 is 23.8 Å². The highest BCUT2D eigenvalue weighted by Crippen LogP contribution is 2.31. The fourth-order valence-corrected chi connectivity index (χ4v) is 2.31. The maximum Gasteiger partial charge on any atom is 0.139 e. The minimum atomic E-state index is 0.207. The summed E-state index contributed by atoms with van der Waals surface area (Å²) in [5.74, 6) is 2.01. The smallest absolute Gasteiger partial charge is 0.139 e. The molecule has 3 nitrogen and oxygen atoms in total. The molecule has 0 saturated heterocycles.